The van der Waals surface area contributed by atoms with Crippen LogP contribution in [-0.4, -0.2) is 58.6 Å². The van der Waals surface area contributed by atoms with Gasteiger partial charge >= 0.3 is 6.09 Å². The van der Waals surface area contributed by atoms with Gasteiger partial charge in [0.25, 0.3) is 5.91 Å². The average Bonchev–Trinajstić information content (AvgIpc) is 3.44. The number of nitrogens with zero attached hydrogens (tertiary/aromatic N) is 3. The van der Waals surface area contributed by atoms with E-state index >= 15 is 0 Å². The number of aromatic nitrogens is 1. The largest absolute Gasteiger partial charge is 0.444 e. The lowest BCUT2D eigenvalue weighted by atomic mass is 10.0. The summed E-state index contributed by atoms with van der Waals surface area (Å²) >= 11 is 0. The standard InChI is InChI=1S/C24H29N5O3/c1-24(2,3)32-23(31)29-13-15-11-28(12-16(15)14-29)22(30)20-10-6-9-19(25-20)21-26-17-7-4-5-8-18(17)27-21/h4-10,15-16,21,26-27H,11-14H2,1-3H3. The van der Waals surface area contributed by atoms with E-state index in [1.807, 2.05) is 62.1 Å². The highest BCUT2D eigenvalue weighted by Gasteiger charge is 2.44. The van der Waals surface area contributed by atoms with Gasteiger partial charge in [-0.15, -0.1) is 0 Å². The van der Waals surface area contributed by atoms with Crippen LogP contribution < -0.4 is 10.6 Å². The molecule has 0 radical (unpaired) electrons. The Bertz CT molecular complexity index is 1010. The molecule has 8 nitrogen and oxygen atoms in total. The Morgan fingerprint density at radius 2 is 1.50 bits per heavy atom. The smallest absolute Gasteiger partial charge is 0.410 e. The number of amides is 2. The SMILES string of the molecule is CC(C)(C)OC(=O)N1CC2CN(C(=O)c3cccc(C4Nc5ccccc5N4)n3)CC2C1. The zero-order chi connectivity index (χ0) is 22.5. The van der Waals surface area contributed by atoms with Gasteiger partial charge in [-0.05, 0) is 45.0 Å². The molecule has 5 rings (SSSR count). The molecule has 2 fully saturated rings. The number of hydrogen-bond acceptors (Lipinski definition) is 6. The molecule has 2 amide bonds. The molecule has 0 aliphatic carbocycles. The fourth-order valence-corrected chi connectivity index (χ4v) is 4.76. The molecule has 2 N–H and O–H groups in total. The molecule has 2 atom stereocenters. The highest BCUT2D eigenvalue weighted by Crippen LogP contribution is 2.35. The second kappa shape index (κ2) is 7.69. The van der Waals surface area contributed by atoms with Crippen molar-refractivity contribution in [3.05, 3.63) is 53.9 Å². The van der Waals surface area contributed by atoms with Gasteiger partial charge in [-0.25, -0.2) is 9.78 Å². The molecule has 1 aromatic carbocycles. The number of carbonyl (C=O) groups is 2. The molecule has 168 valence electrons. The normalized spacial score (nSPS) is 22.2. The monoisotopic (exact) mass is 435 g/mol. The van der Waals surface area contributed by atoms with Crippen LogP contribution in [0.2, 0.25) is 0 Å². The molecule has 8 heteroatoms. The summed E-state index contributed by atoms with van der Waals surface area (Å²) in [6.45, 7) is 8.16. The number of hydrogen-bond donors (Lipinski definition) is 2. The second-order valence-corrected chi connectivity index (χ2v) is 9.83. The molecular weight excluding hydrogens is 406 g/mol. The molecular formula is C24H29N5O3. The number of para-hydroxylation sites is 2. The fourth-order valence-electron chi connectivity index (χ4n) is 4.76. The van der Waals surface area contributed by atoms with Crippen molar-refractivity contribution in [1.82, 2.24) is 14.8 Å². The van der Waals surface area contributed by atoms with Crippen LogP contribution in [0, 0.1) is 11.8 Å². The van der Waals surface area contributed by atoms with Crippen molar-refractivity contribution in [3.63, 3.8) is 0 Å². The zero-order valence-corrected chi connectivity index (χ0v) is 18.7. The van der Waals surface area contributed by atoms with Crippen molar-refractivity contribution in [2.45, 2.75) is 32.5 Å². The van der Waals surface area contributed by atoms with Crippen molar-refractivity contribution >= 4 is 23.4 Å². The summed E-state index contributed by atoms with van der Waals surface area (Å²) in [4.78, 5) is 33.9. The summed E-state index contributed by atoms with van der Waals surface area (Å²) in [5, 5.41) is 6.80. The minimum atomic E-state index is -0.502. The Labute approximate surface area is 187 Å². The zero-order valence-electron chi connectivity index (χ0n) is 18.7. The van der Waals surface area contributed by atoms with Gasteiger partial charge in [0.2, 0.25) is 0 Å². The summed E-state index contributed by atoms with van der Waals surface area (Å²) in [7, 11) is 0. The Balaban J connectivity index is 1.22. The van der Waals surface area contributed by atoms with Gasteiger partial charge in [0.15, 0.2) is 0 Å². The number of ether oxygens (including phenoxy) is 1. The number of carbonyl (C=O) groups excluding carboxylic acids is 2. The lowest BCUT2D eigenvalue weighted by Gasteiger charge is -2.26. The first kappa shape index (κ1) is 20.6. The Morgan fingerprint density at radius 1 is 0.906 bits per heavy atom. The number of anilines is 2. The second-order valence-electron chi connectivity index (χ2n) is 9.83. The molecule has 1 aromatic heterocycles. The number of rotatable bonds is 2. The van der Waals surface area contributed by atoms with E-state index in [1.54, 1.807) is 11.0 Å². The van der Waals surface area contributed by atoms with E-state index in [9.17, 15) is 9.59 Å². The summed E-state index contributed by atoms with van der Waals surface area (Å²) in [5.74, 6) is 0.505. The van der Waals surface area contributed by atoms with Gasteiger partial charge in [-0.2, -0.15) is 0 Å². The minimum absolute atomic E-state index is 0.0550. The maximum absolute atomic E-state index is 13.2. The molecule has 0 saturated carbocycles. The van der Waals surface area contributed by atoms with Gasteiger partial charge in [-0.3, -0.25) is 4.79 Å². The molecule has 2 aromatic rings. The van der Waals surface area contributed by atoms with Crippen molar-refractivity contribution in [2.24, 2.45) is 11.8 Å². The molecule has 4 heterocycles. The van der Waals surface area contributed by atoms with Crippen molar-refractivity contribution in [3.8, 4) is 0 Å². The topological polar surface area (TPSA) is 86.8 Å². The number of pyridine rings is 1. The van der Waals surface area contributed by atoms with E-state index in [4.69, 9.17) is 4.74 Å². The Kier molecular flexibility index (Phi) is 4.95. The Morgan fingerprint density at radius 3 is 2.09 bits per heavy atom. The van der Waals surface area contributed by atoms with Crippen molar-refractivity contribution in [1.29, 1.82) is 0 Å². The van der Waals surface area contributed by atoms with E-state index in [2.05, 4.69) is 15.6 Å². The number of nitrogens with one attached hydrogen (secondary N) is 2. The van der Waals surface area contributed by atoms with Crippen LogP contribution in [0.1, 0.15) is 43.1 Å². The molecule has 3 aliphatic rings. The van der Waals surface area contributed by atoms with Crippen LogP contribution in [0.3, 0.4) is 0 Å². The van der Waals surface area contributed by atoms with E-state index < -0.39 is 5.60 Å². The molecule has 32 heavy (non-hydrogen) atoms. The third-order valence-electron chi connectivity index (χ3n) is 6.24. The van der Waals surface area contributed by atoms with Crippen LogP contribution >= 0.6 is 0 Å². The highest BCUT2D eigenvalue weighted by molar-refractivity contribution is 5.92. The van der Waals surface area contributed by atoms with Crippen LogP contribution in [0.5, 0.6) is 0 Å². The molecule has 2 saturated heterocycles. The van der Waals surface area contributed by atoms with Crippen LogP contribution in [-0.2, 0) is 4.74 Å². The van der Waals surface area contributed by atoms with Crippen LogP contribution in [0.4, 0.5) is 16.2 Å². The third kappa shape index (κ3) is 3.97. The average molecular weight is 436 g/mol. The van der Waals surface area contributed by atoms with Gasteiger partial charge in [0, 0.05) is 38.0 Å². The number of likely N-dealkylation sites (tertiary alicyclic amines) is 2. The molecule has 0 spiro atoms. The highest BCUT2D eigenvalue weighted by atomic mass is 16.6. The Hall–Kier alpha value is -3.29. The first-order valence-electron chi connectivity index (χ1n) is 11.1. The van der Waals surface area contributed by atoms with Gasteiger partial charge in [0.1, 0.15) is 17.5 Å². The van der Waals surface area contributed by atoms with Gasteiger partial charge in [0.05, 0.1) is 17.1 Å². The fraction of sp³-hybridized carbons (Fsp3) is 0.458. The summed E-state index contributed by atoms with van der Waals surface area (Å²) in [6.07, 6.45) is -0.433. The summed E-state index contributed by atoms with van der Waals surface area (Å²) in [6, 6.07) is 13.6. The maximum atomic E-state index is 13.2. The third-order valence-corrected chi connectivity index (χ3v) is 6.24. The number of benzene rings is 1. The molecule has 3 aliphatic heterocycles. The molecule has 0 bridgehead atoms. The minimum Gasteiger partial charge on any atom is -0.444 e. The van der Waals surface area contributed by atoms with E-state index in [0.29, 0.717) is 31.9 Å². The lowest BCUT2D eigenvalue weighted by Crippen LogP contribution is -2.38. The van der Waals surface area contributed by atoms with E-state index in [1.165, 1.54) is 0 Å². The van der Waals surface area contributed by atoms with Gasteiger partial charge in [-0.1, -0.05) is 18.2 Å². The van der Waals surface area contributed by atoms with Crippen molar-refractivity contribution in [2.75, 3.05) is 36.8 Å². The number of fused-ring (bicyclic) bond motifs is 2. The van der Waals surface area contributed by atoms with E-state index in [-0.39, 0.29) is 30.0 Å². The predicted octanol–water partition coefficient (Wildman–Crippen LogP) is 3.56. The van der Waals surface area contributed by atoms with Crippen LogP contribution in [0.25, 0.3) is 0 Å². The summed E-state index contributed by atoms with van der Waals surface area (Å²) < 4.78 is 5.50. The quantitative estimate of drug-likeness (QED) is 0.750. The van der Waals surface area contributed by atoms with E-state index in [0.717, 1.165) is 17.1 Å². The van der Waals surface area contributed by atoms with Gasteiger partial charge < -0.3 is 25.2 Å². The first-order valence-corrected chi connectivity index (χ1v) is 11.1. The lowest BCUT2D eigenvalue weighted by molar-refractivity contribution is 0.0275. The maximum Gasteiger partial charge on any atom is 0.410 e. The van der Waals surface area contributed by atoms with Crippen molar-refractivity contribution < 1.29 is 14.3 Å². The predicted molar refractivity (Wildman–Crippen MR) is 121 cm³/mol. The summed E-state index contributed by atoms with van der Waals surface area (Å²) in [5.41, 5.74) is 2.78. The van der Waals surface area contributed by atoms with Crippen LogP contribution in [0.15, 0.2) is 42.5 Å². The first-order chi connectivity index (χ1) is 15.3. The molecule has 2 unspecified atom stereocenters.